The highest BCUT2D eigenvalue weighted by Crippen LogP contribution is 2.41. The highest BCUT2D eigenvalue weighted by atomic mass is 35.5. The van der Waals surface area contributed by atoms with E-state index in [-0.39, 0.29) is 12.2 Å². The van der Waals surface area contributed by atoms with Crippen LogP contribution in [-0.2, 0) is 9.31 Å². The first-order valence-corrected chi connectivity index (χ1v) is 9.22. The van der Waals surface area contributed by atoms with E-state index in [2.05, 4.69) is 0 Å². The maximum Gasteiger partial charge on any atom is 0.492 e. The maximum absolute atomic E-state index is 6.14. The van der Waals surface area contributed by atoms with Gasteiger partial charge >= 0.3 is 7.12 Å². The third-order valence-electron chi connectivity index (χ3n) is 5.34. The van der Waals surface area contributed by atoms with E-state index in [1.807, 2.05) is 0 Å². The summed E-state index contributed by atoms with van der Waals surface area (Å²) < 4.78 is 11.7. The zero-order chi connectivity index (χ0) is 13.9. The fourth-order valence-corrected chi connectivity index (χ4v) is 4.54. The van der Waals surface area contributed by atoms with Gasteiger partial charge in [0.15, 0.2) is 0 Å². The summed E-state index contributed by atoms with van der Waals surface area (Å²) >= 11 is 12.0. The zero-order valence-corrected chi connectivity index (χ0v) is 13.6. The van der Waals surface area contributed by atoms with E-state index in [0.717, 1.165) is 0 Å². The first kappa shape index (κ1) is 15.5. The van der Waals surface area contributed by atoms with Crippen LogP contribution in [0.3, 0.4) is 0 Å². The SMILES string of the molecule is ClC(Cl)B1O[C@@H](C2CCCCC2)[C@H](C2CCCCC2)O1. The van der Waals surface area contributed by atoms with Crippen molar-refractivity contribution in [3.8, 4) is 0 Å². The van der Waals surface area contributed by atoms with Gasteiger partial charge in [-0.1, -0.05) is 38.5 Å². The smallest absolute Gasteiger partial charge is 0.404 e. The van der Waals surface area contributed by atoms with Crippen molar-refractivity contribution in [2.75, 3.05) is 0 Å². The van der Waals surface area contributed by atoms with Crippen LogP contribution in [0, 0.1) is 11.8 Å². The molecule has 2 saturated carbocycles. The Morgan fingerprint density at radius 2 is 1.10 bits per heavy atom. The molecule has 0 aromatic heterocycles. The summed E-state index contributed by atoms with van der Waals surface area (Å²) in [5.74, 6) is 1.29. The van der Waals surface area contributed by atoms with Crippen LogP contribution in [0.2, 0.25) is 0 Å². The Balaban J connectivity index is 1.69. The molecule has 2 atom stereocenters. The van der Waals surface area contributed by atoms with Crippen LogP contribution in [0.25, 0.3) is 0 Å². The molecule has 1 aliphatic heterocycles. The molecule has 0 amide bonds. The van der Waals surface area contributed by atoms with Gasteiger partial charge < -0.3 is 9.31 Å². The Bertz CT molecular complexity index is 278. The van der Waals surface area contributed by atoms with Crippen molar-refractivity contribution in [3.05, 3.63) is 0 Å². The standard InChI is InChI=1S/C15H25BCl2O2/c17-15(18)16-19-13(11-7-3-1-4-8-11)14(20-16)12-9-5-2-6-10-12/h11-15H,1-10H2/t13-,14-/m0/s1. The lowest BCUT2D eigenvalue weighted by atomic mass is 9.77. The van der Waals surface area contributed by atoms with Gasteiger partial charge in [-0.3, -0.25) is 0 Å². The van der Waals surface area contributed by atoms with Crippen LogP contribution >= 0.6 is 23.2 Å². The number of rotatable bonds is 3. The van der Waals surface area contributed by atoms with E-state index in [1.54, 1.807) is 0 Å². The predicted molar refractivity (Wildman–Crippen MR) is 84.1 cm³/mol. The van der Waals surface area contributed by atoms with Crippen molar-refractivity contribution >= 4 is 30.3 Å². The van der Waals surface area contributed by atoms with Gasteiger partial charge in [-0.2, -0.15) is 0 Å². The van der Waals surface area contributed by atoms with Gasteiger partial charge in [0.2, 0.25) is 0 Å². The van der Waals surface area contributed by atoms with E-state index in [0.29, 0.717) is 11.8 Å². The van der Waals surface area contributed by atoms with E-state index in [9.17, 15) is 0 Å². The van der Waals surface area contributed by atoms with Gasteiger partial charge in [-0.15, -0.1) is 23.2 Å². The third kappa shape index (κ3) is 3.48. The number of halogens is 2. The highest BCUT2D eigenvalue weighted by molar-refractivity contribution is 6.73. The third-order valence-corrected chi connectivity index (χ3v) is 5.75. The van der Waals surface area contributed by atoms with Gasteiger partial charge in [0.05, 0.1) is 12.2 Å². The lowest BCUT2D eigenvalue weighted by molar-refractivity contribution is 0.0324. The highest BCUT2D eigenvalue weighted by Gasteiger charge is 2.49. The molecule has 2 aliphatic carbocycles. The fourth-order valence-electron chi connectivity index (χ4n) is 4.30. The molecule has 114 valence electrons. The second-order valence-corrected chi connectivity index (χ2v) is 7.86. The van der Waals surface area contributed by atoms with Crippen LogP contribution in [0.5, 0.6) is 0 Å². The quantitative estimate of drug-likeness (QED) is 0.551. The molecular weight excluding hydrogens is 294 g/mol. The molecule has 0 aromatic carbocycles. The van der Waals surface area contributed by atoms with E-state index in [1.165, 1.54) is 64.2 Å². The molecule has 0 N–H and O–H groups in total. The van der Waals surface area contributed by atoms with Crippen molar-refractivity contribution in [1.29, 1.82) is 0 Å². The summed E-state index contributed by atoms with van der Waals surface area (Å²) in [5.41, 5.74) is 0. The van der Waals surface area contributed by atoms with Crippen LogP contribution < -0.4 is 0 Å². The van der Waals surface area contributed by atoms with Crippen LogP contribution in [-0.4, -0.2) is 24.1 Å². The number of alkyl halides is 2. The largest absolute Gasteiger partial charge is 0.492 e. The summed E-state index contributed by atoms with van der Waals surface area (Å²) in [4.78, 5) is 0. The minimum Gasteiger partial charge on any atom is -0.404 e. The minimum absolute atomic E-state index is 0.225. The monoisotopic (exact) mass is 318 g/mol. The summed E-state index contributed by atoms with van der Waals surface area (Å²) in [6.07, 6.45) is 13.6. The fraction of sp³-hybridized carbons (Fsp3) is 1.00. The molecule has 0 aromatic rings. The van der Waals surface area contributed by atoms with Gasteiger partial charge in [-0.25, -0.2) is 0 Å². The molecule has 3 fully saturated rings. The molecule has 0 spiro atoms. The lowest BCUT2D eigenvalue weighted by Crippen LogP contribution is -2.38. The van der Waals surface area contributed by atoms with Crippen LogP contribution in [0.4, 0.5) is 0 Å². The van der Waals surface area contributed by atoms with Crippen molar-refractivity contribution in [1.82, 2.24) is 0 Å². The minimum atomic E-state index is -0.574. The normalized spacial score (nSPS) is 34.0. The van der Waals surface area contributed by atoms with Gasteiger partial charge in [0.25, 0.3) is 0 Å². The average molecular weight is 319 g/mol. The Morgan fingerprint density at radius 3 is 1.45 bits per heavy atom. The molecule has 2 nitrogen and oxygen atoms in total. The Labute approximate surface area is 133 Å². The Hall–Kier alpha value is 0.565. The van der Waals surface area contributed by atoms with Gasteiger partial charge in [0.1, 0.15) is 4.74 Å². The number of hydrogen-bond acceptors (Lipinski definition) is 2. The molecule has 0 radical (unpaired) electrons. The molecule has 5 heteroatoms. The van der Waals surface area contributed by atoms with Crippen molar-refractivity contribution in [2.45, 2.75) is 81.2 Å². The van der Waals surface area contributed by atoms with Crippen molar-refractivity contribution in [2.24, 2.45) is 11.8 Å². The molecule has 1 saturated heterocycles. The first-order valence-electron chi connectivity index (χ1n) is 8.35. The molecule has 1 heterocycles. The van der Waals surface area contributed by atoms with Crippen molar-refractivity contribution < 1.29 is 9.31 Å². The van der Waals surface area contributed by atoms with E-state index >= 15 is 0 Å². The topological polar surface area (TPSA) is 18.5 Å². The van der Waals surface area contributed by atoms with E-state index in [4.69, 9.17) is 32.5 Å². The van der Waals surface area contributed by atoms with Crippen LogP contribution in [0.1, 0.15) is 64.2 Å². The maximum atomic E-state index is 6.14. The van der Waals surface area contributed by atoms with E-state index < -0.39 is 11.9 Å². The summed E-state index contributed by atoms with van der Waals surface area (Å²) in [7, 11) is -0.419. The number of hydrogen-bond donors (Lipinski definition) is 0. The Kier molecular flexibility index (Phi) is 5.58. The molecule has 3 rings (SSSR count). The lowest BCUT2D eigenvalue weighted by Gasteiger charge is -2.35. The Morgan fingerprint density at radius 1 is 0.700 bits per heavy atom. The second-order valence-electron chi connectivity index (χ2n) is 6.70. The molecule has 3 aliphatic rings. The van der Waals surface area contributed by atoms with Crippen molar-refractivity contribution in [3.63, 3.8) is 0 Å². The average Bonchev–Trinajstić information content (AvgIpc) is 2.94. The predicted octanol–water partition coefficient (Wildman–Crippen LogP) is 4.76. The summed E-state index contributed by atoms with van der Waals surface area (Å²) in [5, 5.41) is 0. The molecule has 20 heavy (non-hydrogen) atoms. The molecule has 0 unspecified atom stereocenters. The van der Waals surface area contributed by atoms with Gasteiger partial charge in [0, 0.05) is 0 Å². The summed E-state index contributed by atoms with van der Waals surface area (Å²) in [6.45, 7) is 0. The summed E-state index contributed by atoms with van der Waals surface area (Å²) in [6, 6.07) is 0. The zero-order valence-electron chi connectivity index (χ0n) is 12.1. The molecular formula is C15H25BCl2O2. The molecule has 0 bridgehead atoms. The second kappa shape index (κ2) is 7.22. The van der Waals surface area contributed by atoms with Crippen LogP contribution in [0.15, 0.2) is 0 Å². The first-order chi connectivity index (χ1) is 9.75. The van der Waals surface area contributed by atoms with Gasteiger partial charge in [-0.05, 0) is 37.5 Å².